The summed E-state index contributed by atoms with van der Waals surface area (Å²) in [5.74, 6) is 0. The van der Waals surface area contributed by atoms with Crippen molar-refractivity contribution in [2.24, 2.45) is 0 Å². The second kappa shape index (κ2) is 4.90. The summed E-state index contributed by atoms with van der Waals surface area (Å²) in [6.45, 7) is 2.16. The second-order valence-electron chi connectivity index (χ2n) is 3.34. The lowest BCUT2D eigenvalue weighted by molar-refractivity contribution is 1.11. The lowest BCUT2D eigenvalue weighted by Gasteiger charge is -2.00. The van der Waals surface area contributed by atoms with Gasteiger partial charge in [0.15, 0.2) is 0 Å². The Labute approximate surface area is 102 Å². The second-order valence-corrected chi connectivity index (χ2v) is 5.40. The fraction of sp³-hybridized carbons (Fsp3) is 0.250. The molecule has 0 bridgehead atoms. The van der Waals surface area contributed by atoms with Crippen molar-refractivity contribution >= 4 is 27.3 Å². The molecule has 0 N–H and O–H groups in total. The predicted octanol–water partition coefficient (Wildman–Crippen LogP) is 4.06. The Morgan fingerprint density at radius 1 is 1.33 bits per heavy atom. The fourth-order valence-electron chi connectivity index (χ4n) is 1.40. The van der Waals surface area contributed by atoms with Gasteiger partial charge in [0.05, 0.1) is 5.01 Å². The van der Waals surface area contributed by atoms with Crippen molar-refractivity contribution < 1.29 is 0 Å². The van der Waals surface area contributed by atoms with Gasteiger partial charge in [-0.3, -0.25) is 0 Å². The highest BCUT2D eigenvalue weighted by atomic mass is 79.9. The standard InChI is InChI=1S/C12H12BrNS/c1-2-10-8-14-12(15-10)7-9-5-3-4-6-11(9)13/h3-6,8H,2,7H2,1H3. The lowest BCUT2D eigenvalue weighted by atomic mass is 10.2. The smallest absolute Gasteiger partial charge is 0.0971 e. The molecule has 0 fully saturated rings. The van der Waals surface area contributed by atoms with E-state index >= 15 is 0 Å². The first kappa shape index (κ1) is 10.8. The van der Waals surface area contributed by atoms with Gasteiger partial charge in [-0.25, -0.2) is 4.98 Å². The van der Waals surface area contributed by atoms with Crippen LogP contribution in [0.5, 0.6) is 0 Å². The van der Waals surface area contributed by atoms with E-state index in [-0.39, 0.29) is 0 Å². The summed E-state index contributed by atoms with van der Waals surface area (Å²) in [5.41, 5.74) is 1.30. The van der Waals surface area contributed by atoms with E-state index in [4.69, 9.17) is 0 Å². The molecule has 0 aliphatic carbocycles. The molecule has 0 saturated heterocycles. The Morgan fingerprint density at radius 2 is 2.13 bits per heavy atom. The maximum Gasteiger partial charge on any atom is 0.0971 e. The molecule has 0 radical (unpaired) electrons. The van der Waals surface area contributed by atoms with Crippen LogP contribution in [0.25, 0.3) is 0 Å². The van der Waals surface area contributed by atoms with Crippen molar-refractivity contribution in [3.05, 3.63) is 50.4 Å². The van der Waals surface area contributed by atoms with E-state index in [0.29, 0.717) is 0 Å². The maximum absolute atomic E-state index is 4.42. The Morgan fingerprint density at radius 3 is 2.80 bits per heavy atom. The number of halogens is 1. The summed E-state index contributed by atoms with van der Waals surface area (Å²) >= 11 is 5.36. The van der Waals surface area contributed by atoms with Crippen LogP contribution in [-0.2, 0) is 12.8 Å². The van der Waals surface area contributed by atoms with Gasteiger partial charge in [0, 0.05) is 22.0 Å². The van der Waals surface area contributed by atoms with Crippen molar-refractivity contribution in [2.75, 3.05) is 0 Å². The van der Waals surface area contributed by atoms with E-state index < -0.39 is 0 Å². The number of rotatable bonds is 3. The topological polar surface area (TPSA) is 12.9 Å². The predicted molar refractivity (Wildman–Crippen MR) is 68.4 cm³/mol. The number of aromatic nitrogens is 1. The summed E-state index contributed by atoms with van der Waals surface area (Å²) < 4.78 is 1.17. The summed E-state index contributed by atoms with van der Waals surface area (Å²) in [5, 5.41) is 1.19. The minimum atomic E-state index is 0.923. The molecule has 1 aromatic carbocycles. The van der Waals surface area contributed by atoms with Crippen LogP contribution in [0.4, 0.5) is 0 Å². The van der Waals surface area contributed by atoms with Gasteiger partial charge in [0.1, 0.15) is 0 Å². The number of thiazole rings is 1. The van der Waals surface area contributed by atoms with E-state index in [1.165, 1.54) is 19.9 Å². The van der Waals surface area contributed by atoms with Crippen LogP contribution in [0.15, 0.2) is 34.9 Å². The summed E-state index contributed by atoms with van der Waals surface area (Å²) in [6, 6.07) is 8.31. The van der Waals surface area contributed by atoms with Gasteiger partial charge in [-0.15, -0.1) is 11.3 Å². The van der Waals surface area contributed by atoms with Crippen LogP contribution in [0.2, 0.25) is 0 Å². The Balaban J connectivity index is 2.18. The Hall–Kier alpha value is -0.670. The van der Waals surface area contributed by atoms with Gasteiger partial charge < -0.3 is 0 Å². The summed E-state index contributed by atoms with van der Waals surface area (Å²) in [7, 11) is 0. The maximum atomic E-state index is 4.42. The van der Waals surface area contributed by atoms with Gasteiger partial charge in [-0.1, -0.05) is 41.1 Å². The zero-order valence-electron chi connectivity index (χ0n) is 8.53. The van der Waals surface area contributed by atoms with Crippen LogP contribution in [0.3, 0.4) is 0 Å². The lowest BCUT2D eigenvalue weighted by Crippen LogP contribution is -1.87. The molecule has 0 saturated carbocycles. The average Bonchev–Trinajstić information content (AvgIpc) is 2.69. The van der Waals surface area contributed by atoms with E-state index in [0.717, 1.165) is 12.8 Å². The number of hydrogen-bond acceptors (Lipinski definition) is 2. The highest BCUT2D eigenvalue weighted by molar-refractivity contribution is 9.10. The SMILES string of the molecule is CCc1cnc(Cc2ccccc2Br)s1. The van der Waals surface area contributed by atoms with Crippen LogP contribution in [0, 0.1) is 0 Å². The molecule has 0 spiro atoms. The van der Waals surface area contributed by atoms with Gasteiger partial charge in [0.2, 0.25) is 0 Å². The van der Waals surface area contributed by atoms with Gasteiger partial charge >= 0.3 is 0 Å². The monoisotopic (exact) mass is 281 g/mol. The zero-order chi connectivity index (χ0) is 10.7. The molecule has 1 heterocycles. The van der Waals surface area contributed by atoms with Crippen molar-refractivity contribution in [1.29, 1.82) is 0 Å². The van der Waals surface area contributed by atoms with Crippen LogP contribution in [-0.4, -0.2) is 4.98 Å². The minimum Gasteiger partial charge on any atom is -0.249 e. The van der Waals surface area contributed by atoms with E-state index in [1.54, 1.807) is 11.3 Å². The quantitative estimate of drug-likeness (QED) is 0.827. The Kier molecular flexibility index (Phi) is 3.54. The molecule has 0 aliphatic heterocycles. The number of aryl methyl sites for hydroxylation is 1. The van der Waals surface area contributed by atoms with Gasteiger partial charge in [0.25, 0.3) is 0 Å². The third-order valence-electron chi connectivity index (χ3n) is 2.25. The first-order chi connectivity index (χ1) is 7.29. The largest absolute Gasteiger partial charge is 0.249 e. The molecule has 2 rings (SSSR count). The molecule has 1 aromatic heterocycles. The molecular formula is C12H12BrNS. The molecular weight excluding hydrogens is 270 g/mol. The third kappa shape index (κ3) is 2.67. The molecule has 0 amide bonds. The zero-order valence-corrected chi connectivity index (χ0v) is 10.9. The molecule has 3 heteroatoms. The van der Waals surface area contributed by atoms with Crippen molar-refractivity contribution in [3.63, 3.8) is 0 Å². The average molecular weight is 282 g/mol. The summed E-state index contributed by atoms with van der Waals surface area (Å²) in [4.78, 5) is 5.78. The van der Waals surface area contributed by atoms with Crippen LogP contribution < -0.4 is 0 Å². The highest BCUT2D eigenvalue weighted by Crippen LogP contribution is 2.22. The molecule has 0 atom stereocenters. The van der Waals surface area contributed by atoms with Gasteiger partial charge in [-0.05, 0) is 18.1 Å². The molecule has 2 aromatic rings. The number of benzene rings is 1. The van der Waals surface area contributed by atoms with Gasteiger partial charge in [-0.2, -0.15) is 0 Å². The first-order valence-corrected chi connectivity index (χ1v) is 6.57. The molecule has 15 heavy (non-hydrogen) atoms. The molecule has 1 nitrogen and oxygen atoms in total. The van der Waals surface area contributed by atoms with E-state index in [9.17, 15) is 0 Å². The molecule has 0 aliphatic rings. The number of nitrogens with zero attached hydrogens (tertiary/aromatic N) is 1. The fourth-order valence-corrected chi connectivity index (χ4v) is 2.71. The first-order valence-electron chi connectivity index (χ1n) is 4.96. The van der Waals surface area contributed by atoms with Crippen molar-refractivity contribution in [2.45, 2.75) is 19.8 Å². The number of hydrogen-bond donors (Lipinski definition) is 0. The minimum absolute atomic E-state index is 0.923. The van der Waals surface area contributed by atoms with Crippen LogP contribution >= 0.6 is 27.3 Å². The Bertz CT molecular complexity index is 450. The van der Waals surface area contributed by atoms with Crippen molar-refractivity contribution in [3.8, 4) is 0 Å². The molecule has 78 valence electrons. The van der Waals surface area contributed by atoms with Crippen LogP contribution in [0.1, 0.15) is 22.4 Å². The van der Waals surface area contributed by atoms with E-state index in [1.807, 2.05) is 12.3 Å². The third-order valence-corrected chi connectivity index (χ3v) is 4.16. The van der Waals surface area contributed by atoms with E-state index in [2.05, 4.69) is 46.0 Å². The normalized spacial score (nSPS) is 10.5. The van der Waals surface area contributed by atoms with Crippen molar-refractivity contribution in [1.82, 2.24) is 4.98 Å². The molecule has 0 unspecified atom stereocenters. The summed E-state index contributed by atoms with van der Waals surface area (Å²) in [6.07, 6.45) is 3.98. The highest BCUT2D eigenvalue weighted by Gasteiger charge is 2.04.